The zero-order chi connectivity index (χ0) is 10.6. The summed E-state index contributed by atoms with van der Waals surface area (Å²) in [5.41, 5.74) is 6.44. The highest BCUT2D eigenvalue weighted by atomic mass is 32.2. The Labute approximate surface area is 90.6 Å². The molecular formula is C11H18N2S. The fraction of sp³-hybridized carbons (Fsp3) is 0.455. The van der Waals surface area contributed by atoms with E-state index in [4.69, 9.17) is 5.73 Å². The molecule has 1 aromatic carbocycles. The Morgan fingerprint density at radius 2 is 1.86 bits per heavy atom. The number of nitrogens with two attached hydrogens (primary N) is 1. The number of nitrogens with zero attached hydrogens (tertiary/aromatic N) is 1. The largest absolute Gasteiger partial charge is 0.399 e. The Kier molecular flexibility index (Phi) is 4.29. The number of rotatable bonds is 4. The fourth-order valence-corrected chi connectivity index (χ4v) is 2.25. The maximum Gasteiger partial charge on any atom is 0.0314 e. The molecule has 0 bridgehead atoms. The van der Waals surface area contributed by atoms with E-state index in [2.05, 4.69) is 37.3 Å². The summed E-state index contributed by atoms with van der Waals surface area (Å²) in [7, 11) is 2.11. The van der Waals surface area contributed by atoms with Crippen molar-refractivity contribution in [1.82, 2.24) is 4.31 Å². The van der Waals surface area contributed by atoms with Crippen LogP contribution < -0.4 is 5.73 Å². The topological polar surface area (TPSA) is 29.3 Å². The molecule has 3 heteroatoms. The van der Waals surface area contributed by atoms with Gasteiger partial charge in [0.2, 0.25) is 0 Å². The van der Waals surface area contributed by atoms with Crippen LogP contribution in [0.5, 0.6) is 0 Å². The molecule has 0 fully saturated rings. The van der Waals surface area contributed by atoms with Gasteiger partial charge in [-0.15, -0.1) is 0 Å². The van der Waals surface area contributed by atoms with Gasteiger partial charge in [0.1, 0.15) is 0 Å². The van der Waals surface area contributed by atoms with E-state index in [9.17, 15) is 0 Å². The third-order valence-electron chi connectivity index (χ3n) is 1.76. The van der Waals surface area contributed by atoms with Gasteiger partial charge in [0.05, 0.1) is 0 Å². The average molecular weight is 210 g/mol. The maximum atomic E-state index is 5.62. The van der Waals surface area contributed by atoms with Gasteiger partial charge in [0.25, 0.3) is 0 Å². The van der Waals surface area contributed by atoms with Crippen molar-refractivity contribution in [2.24, 2.45) is 5.92 Å². The number of anilines is 1. The lowest BCUT2D eigenvalue weighted by molar-refractivity contribution is 0.466. The van der Waals surface area contributed by atoms with E-state index in [1.807, 2.05) is 12.1 Å². The van der Waals surface area contributed by atoms with Crippen LogP contribution in [-0.4, -0.2) is 17.9 Å². The molecule has 0 amide bonds. The summed E-state index contributed by atoms with van der Waals surface area (Å²) in [6, 6.07) is 7.98. The highest BCUT2D eigenvalue weighted by Gasteiger charge is 2.03. The lowest BCUT2D eigenvalue weighted by Gasteiger charge is -2.17. The zero-order valence-corrected chi connectivity index (χ0v) is 9.84. The molecule has 0 heterocycles. The molecule has 0 atom stereocenters. The molecular weight excluding hydrogens is 192 g/mol. The van der Waals surface area contributed by atoms with Crippen LogP contribution in [-0.2, 0) is 0 Å². The van der Waals surface area contributed by atoms with Crippen molar-refractivity contribution >= 4 is 17.6 Å². The quantitative estimate of drug-likeness (QED) is 0.612. The Hall–Kier alpha value is -0.670. The van der Waals surface area contributed by atoms with Crippen LogP contribution in [0, 0.1) is 5.92 Å². The Morgan fingerprint density at radius 1 is 1.29 bits per heavy atom. The van der Waals surface area contributed by atoms with Gasteiger partial charge in [-0.05, 0) is 49.2 Å². The SMILES string of the molecule is CC(C)CN(C)Sc1ccc(N)cc1. The van der Waals surface area contributed by atoms with Crippen molar-refractivity contribution < 1.29 is 0 Å². The highest BCUT2D eigenvalue weighted by Crippen LogP contribution is 2.22. The minimum Gasteiger partial charge on any atom is -0.399 e. The molecule has 2 nitrogen and oxygen atoms in total. The molecule has 0 saturated heterocycles. The van der Waals surface area contributed by atoms with Crippen LogP contribution >= 0.6 is 11.9 Å². The molecule has 0 aliphatic heterocycles. The van der Waals surface area contributed by atoms with Gasteiger partial charge in [0, 0.05) is 17.1 Å². The van der Waals surface area contributed by atoms with Crippen LogP contribution in [0.3, 0.4) is 0 Å². The lowest BCUT2D eigenvalue weighted by atomic mass is 10.2. The molecule has 0 saturated carbocycles. The second kappa shape index (κ2) is 5.27. The predicted molar refractivity (Wildman–Crippen MR) is 64.2 cm³/mol. The molecule has 0 radical (unpaired) electrons. The molecule has 0 spiro atoms. The molecule has 2 N–H and O–H groups in total. The maximum absolute atomic E-state index is 5.62. The fourth-order valence-electron chi connectivity index (χ4n) is 1.26. The van der Waals surface area contributed by atoms with E-state index in [0.717, 1.165) is 12.2 Å². The van der Waals surface area contributed by atoms with Crippen LogP contribution in [0.2, 0.25) is 0 Å². The van der Waals surface area contributed by atoms with E-state index in [1.54, 1.807) is 11.9 Å². The smallest absolute Gasteiger partial charge is 0.0314 e. The summed E-state index contributed by atoms with van der Waals surface area (Å²) in [5.74, 6) is 0.696. The van der Waals surface area contributed by atoms with Crippen LogP contribution in [0.15, 0.2) is 29.2 Å². The van der Waals surface area contributed by atoms with Crippen LogP contribution in [0.1, 0.15) is 13.8 Å². The predicted octanol–water partition coefficient (Wildman–Crippen LogP) is 2.86. The first kappa shape index (κ1) is 11.4. The van der Waals surface area contributed by atoms with E-state index >= 15 is 0 Å². The van der Waals surface area contributed by atoms with E-state index in [1.165, 1.54) is 4.90 Å². The molecule has 1 rings (SSSR count). The monoisotopic (exact) mass is 210 g/mol. The summed E-state index contributed by atoms with van der Waals surface area (Å²) < 4.78 is 2.25. The first-order chi connectivity index (χ1) is 6.58. The van der Waals surface area contributed by atoms with Gasteiger partial charge < -0.3 is 5.73 Å². The molecule has 0 aromatic heterocycles. The van der Waals surface area contributed by atoms with Crippen molar-refractivity contribution in [1.29, 1.82) is 0 Å². The van der Waals surface area contributed by atoms with Crippen molar-refractivity contribution in [2.45, 2.75) is 18.7 Å². The molecule has 78 valence electrons. The molecule has 0 aliphatic carbocycles. The standard InChI is InChI=1S/C11H18N2S/c1-9(2)8-13(3)14-11-6-4-10(12)5-7-11/h4-7,9H,8,12H2,1-3H3. The first-order valence-electron chi connectivity index (χ1n) is 4.82. The van der Waals surface area contributed by atoms with Gasteiger partial charge in [-0.2, -0.15) is 0 Å². The summed E-state index contributed by atoms with van der Waals surface area (Å²) in [6.45, 7) is 5.54. The van der Waals surface area contributed by atoms with E-state index in [-0.39, 0.29) is 0 Å². The van der Waals surface area contributed by atoms with Gasteiger partial charge >= 0.3 is 0 Å². The van der Waals surface area contributed by atoms with Gasteiger partial charge in [0.15, 0.2) is 0 Å². The Bertz CT molecular complexity index is 269. The molecule has 14 heavy (non-hydrogen) atoms. The van der Waals surface area contributed by atoms with Gasteiger partial charge in [-0.3, -0.25) is 0 Å². The molecule has 0 unspecified atom stereocenters. The second-order valence-electron chi connectivity index (χ2n) is 3.86. The summed E-state index contributed by atoms with van der Waals surface area (Å²) in [5, 5.41) is 0. The second-order valence-corrected chi connectivity index (χ2v) is 5.14. The lowest BCUT2D eigenvalue weighted by Crippen LogP contribution is -2.15. The van der Waals surface area contributed by atoms with Gasteiger partial charge in [-0.1, -0.05) is 13.8 Å². The number of nitrogen functional groups attached to an aromatic ring is 1. The van der Waals surface area contributed by atoms with Crippen molar-refractivity contribution in [3.63, 3.8) is 0 Å². The molecule has 1 aromatic rings. The third-order valence-corrected chi connectivity index (χ3v) is 2.71. The number of benzene rings is 1. The Balaban J connectivity index is 2.47. The van der Waals surface area contributed by atoms with E-state index in [0.29, 0.717) is 5.92 Å². The highest BCUT2D eigenvalue weighted by molar-refractivity contribution is 7.97. The minimum absolute atomic E-state index is 0.696. The average Bonchev–Trinajstić information content (AvgIpc) is 2.07. The van der Waals surface area contributed by atoms with Crippen molar-refractivity contribution in [3.8, 4) is 0 Å². The van der Waals surface area contributed by atoms with Crippen LogP contribution in [0.25, 0.3) is 0 Å². The van der Waals surface area contributed by atoms with Crippen LogP contribution in [0.4, 0.5) is 5.69 Å². The molecule has 0 aliphatic rings. The van der Waals surface area contributed by atoms with Gasteiger partial charge in [-0.25, -0.2) is 4.31 Å². The minimum atomic E-state index is 0.696. The summed E-state index contributed by atoms with van der Waals surface area (Å²) >= 11 is 1.76. The van der Waals surface area contributed by atoms with Crippen molar-refractivity contribution in [3.05, 3.63) is 24.3 Å². The van der Waals surface area contributed by atoms with E-state index < -0.39 is 0 Å². The summed E-state index contributed by atoms with van der Waals surface area (Å²) in [4.78, 5) is 1.24. The third kappa shape index (κ3) is 4.03. The zero-order valence-electron chi connectivity index (χ0n) is 9.03. The van der Waals surface area contributed by atoms with Crippen molar-refractivity contribution in [2.75, 3.05) is 19.3 Å². The normalized spacial score (nSPS) is 11.2. The first-order valence-corrected chi connectivity index (χ1v) is 5.60. The number of hydrogen-bond donors (Lipinski definition) is 1. The number of hydrogen-bond acceptors (Lipinski definition) is 3. The Morgan fingerprint density at radius 3 is 2.36 bits per heavy atom. The summed E-state index contributed by atoms with van der Waals surface area (Å²) in [6.07, 6.45) is 0.